The van der Waals surface area contributed by atoms with Gasteiger partial charge in [-0.15, -0.1) is 0 Å². The number of aromatic nitrogens is 2. The summed E-state index contributed by atoms with van der Waals surface area (Å²) in [5.41, 5.74) is 2.00. The molecule has 1 N–H and O–H groups in total. The number of benzene rings is 1. The molecular weight excluding hydrogens is 464 g/mol. The molecule has 1 saturated heterocycles. The van der Waals surface area contributed by atoms with Crippen LogP contribution in [0.4, 0.5) is 5.69 Å². The topological polar surface area (TPSA) is 85.7 Å². The number of nitrogens with zero attached hydrogens (tertiary/aromatic N) is 3. The molecular formula is C26H34N4O4S. The highest BCUT2D eigenvalue weighted by atomic mass is 32.2. The Morgan fingerprint density at radius 1 is 1.17 bits per heavy atom. The molecule has 0 radical (unpaired) electrons. The molecule has 1 aliphatic heterocycles. The molecule has 35 heavy (non-hydrogen) atoms. The van der Waals surface area contributed by atoms with Crippen LogP contribution in [-0.4, -0.2) is 59.9 Å². The van der Waals surface area contributed by atoms with Gasteiger partial charge in [0, 0.05) is 24.8 Å². The summed E-state index contributed by atoms with van der Waals surface area (Å²) in [6.07, 6.45) is 7.79. The van der Waals surface area contributed by atoms with E-state index in [0.29, 0.717) is 54.3 Å². The molecule has 2 fully saturated rings. The molecule has 0 spiro atoms. The van der Waals surface area contributed by atoms with Gasteiger partial charge in [0.05, 0.1) is 47.6 Å². The molecule has 4 rings (SSSR count). The molecule has 2 amide bonds. The van der Waals surface area contributed by atoms with Crippen molar-refractivity contribution in [1.29, 1.82) is 0 Å². The first kappa shape index (κ1) is 25.3. The molecule has 1 saturated carbocycles. The van der Waals surface area contributed by atoms with Crippen molar-refractivity contribution in [2.24, 2.45) is 0 Å². The molecule has 9 heteroatoms. The maximum Gasteiger partial charge on any atom is 0.262 e. The third-order valence-corrected chi connectivity index (χ3v) is 7.59. The Kier molecular flexibility index (Phi) is 8.51. The molecule has 8 nitrogen and oxygen atoms in total. The van der Waals surface area contributed by atoms with Crippen LogP contribution in [-0.2, 0) is 9.53 Å². The first-order valence-corrected chi connectivity index (χ1v) is 13.1. The number of morpholine rings is 1. The Morgan fingerprint density at radius 3 is 2.60 bits per heavy atom. The minimum absolute atomic E-state index is 0.0981. The lowest BCUT2D eigenvalue weighted by atomic mass is 9.96. The number of ether oxygens (including phenoxy) is 2. The van der Waals surface area contributed by atoms with Gasteiger partial charge in [-0.05, 0) is 44.9 Å². The van der Waals surface area contributed by atoms with E-state index in [0.717, 1.165) is 23.6 Å². The van der Waals surface area contributed by atoms with E-state index in [4.69, 9.17) is 14.6 Å². The summed E-state index contributed by atoms with van der Waals surface area (Å²) < 4.78 is 12.9. The van der Waals surface area contributed by atoms with Gasteiger partial charge in [-0.25, -0.2) is 0 Å². The molecule has 188 valence electrons. The number of carbonyl (C=O) groups excluding carboxylic acids is 2. The number of anilines is 1. The Hall–Kier alpha value is -2.78. The van der Waals surface area contributed by atoms with Gasteiger partial charge < -0.3 is 19.7 Å². The molecule has 1 aromatic heterocycles. The monoisotopic (exact) mass is 498 g/mol. The lowest BCUT2D eigenvalue weighted by Gasteiger charge is -2.27. The molecule has 1 aliphatic carbocycles. The predicted octanol–water partition coefficient (Wildman–Crippen LogP) is 4.81. The molecule has 0 atom stereocenters. The second kappa shape index (κ2) is 11.8. The fourth-order valence-electron chi connectivity index (χ4n) is 4.58. The van der Waals surface area contributed by atoms with Crippen LogP contribution in [0, 0.1) is 6.92 Å². The normalized spacial score (nSPS) is 17.3. The number of carbonyl (C=O) groups is 2. The standard InChI is InChI=1S/C26H34N4O4S/c1-4-23(35-24-16-18(2)28-30(24)20-8-6-5-7-9-20)25(31)27-19-10-11-21(22(17-19)33-3)26(32)29-12-14-34-15-13-29/h4,10-11,16-17,20H,5-9,12-15H2,1-3H3,(H,27,31)/b23-4-. The number of nitrogens with one attached hydrogen (secondary N) is 1. The van der Waals surface area contributed by atoms with Crippen molar-refractivity contribution in [2.45, 2.75) is 57.0 Å². The minimum atomic E-state index is -0.208. The largest absolute Gasteiger partial charge is 0.496 e. The smallest absolute Gasteiger partial charge is 0.262 e. The second-order valence-corrected chi connectivity index (χ2v) is 9.95. The van der Waals surface area contributed by atoms with Crippen molar-refractivity contribution in [1.82, 2.24) is 14.7 Å². The average Bonchev–Trinajstić information content (AvgIpc) is 3.27. The number of methoxy groups -OCH3 is 1. The average molecular weight is 499 g/mol. The van der Waals surface area contributed by atoms with E-state index in [9.17, 15) is 9.59 Å². The van der Waals surface area contributed by atoms with Crippen molar-refractivity contribution in [2.75, 3.05) is 38.7 Å². The highest BCUT2D eigenvalue weighted by molar-refractivity contribution is 8.04. The van der Waals surface area contributed by atoms with E-state index >= 15 is 0 Å². The van der Waals surface area contributed by atoms with E-state index in [1.54, 1.807) is 23.1 Å². The Bertz CT molecular complexity index is 1090. The number of thioether (sulfide) groups is 1. The summed E-state index contributed by atoms with van der Waals surface area (Å²) >= 11 is 1.44. The van der Waals surface area contributed by atoms with Gasteiger partial charge in [0.25, 0.3) is 11.8 Å². The van der Waals surface area contributed by atoms with Crippen molar-refractivity contribution >= 4 is 29.3 Å². The number of rotatable bonds is 7. The third-order valence-electron chi connectivity index (χ3n) is 6.43. The predicted molar refractivity (Wildman–Crippen MR) is 137 cm³/mol. The van der Waals surface area contributed by atoms with Crippen molar-refractivity contribution < 1.29 is 19.1 Å². The van der Waals surface area contributed by atoms with E-state index in [-0.39, 0.29) is 11.8 Å². The zero-order valence-corrected chi connectivity index (χ0v) is 21.5. The molecule has 2 aliphatic rings. The SMILES string of the molecule is C/C=C(\Sc1cc(C)nn1C1CCCCC1)C(=O)Nc1ccc(C(=O)N2CCOCC2)c(OC)c1. The zero-order chi connectivity index (χ0) is 24.8. The van der Waals surface area contributed by atoms with Gasteiger partial charge in [-0.3, -0.25) is 14.3 Å². The number of aryl methyl sites for hydroxylation is 1. The lowest BCUT2D eigenvalue weighted by Crippen LogP contribution is -2.40. The molecule has 0 bridgehead atoms. The molecule has 2 heterocycles. The van der Waals surface area contributed by atoms with Crippen LogP contribution < -0.4 is 10.1 Å². The van der Waals surface area contributed by atoms with Crippen molar-refractivity contribution in [3.8, 4) is 5.75 Å². The number of allylic oxidation sites excluding steroid dienone is 1. The zero-order valence-electron chi connectivity index (χ0n) is 20.7. The van der Waals surface area contributed by atoms with Crippen LogP contribution in [0.15, 0.2) is 40.3 Å². The van der Waals surface area contributed by atoms with Crippen LogP contribution in [0.25, 0.3) is 0 Å². The van der Waals surface area contributed by atoms with Crippen LogP contribution in [0.3, 0.4) is 0 Å². The first-order valence-electron chi connectivity index (χ1n) is 12.3. The highest BCUT2D eigenvalue weighted by Gasteiger charge is 2.24. The van der Waals surface area contributed by atoms with E-state index < -0.39 is 0 Å². The summed E-state index contributed by atoms with van der Waals surface area (Å²) in [5, 5.41) is 8.67. The van der Waals surface area contributed by atoms with Crippen molar-refractivity contribution in [3.05, 3.63) is 46.5 Å². The van der Waals surface area contributed by atoms with Crippen LogP contribution in [0.2, 0.25) is 0 Å². The number of amides is 2. The Labute approximate surface area is 211 Å². The van der Waals surface area contributed by atoms with Crippen molar-refractivity contribution in [3.63, 3.8) is 0 Å². The van der Waals surface area contributed by atoms with Crippen LogP contribution >= 0.6 is 11.8 Å². The number of hydrogen-bond acceptors (Lipinski definition) is 6. The summed E-state index contributed by atoms with van der Waals surface area (Å²) in [5.74, 6) is 0.125. The first-order chi connectivity index (χ1) is 17.0. The molecule has 0 unspecified atom stereocenters. The fourth-order valence-corrected chi connectivity index (χ4v) is 5.58. The quantitative estimate of drug-likeness (QED) is 0.435. The number of hydrogen-bond donors (Lipinski definition) is 1. The summed E-state index contributed by atoms with van der Waals surface area (Å²) in [4.78, 5) is 28.4. The maximum atomic E-state index is 13.1. The fraction of sp³-hybridized carbons (Fsp3) is 0.500. The van der Waals surface area contributed by atoms with E-state index in [1.165, 1.54) is 38.1 Å². The van der Waals surface area contributed by atoms with Gasteiger partial charge in [-0.1, -0.05) is 37.1 Å². The van der Waals surface area contributed by atoms with Crippen LogP contribution in [0.5, 0.6) is 5.75 Å². The Morgan fingerprint density at radius 2 is 1.91 bits per heavy atom. The van der Waals surface area contributed by atoms with E-state index in [1.807, 2.05) is 26.0 Å². The van der Waals surface area contributed by atoms with Crippen LogP contribution in [0.1, 0.15) is 61.1 Å². The van der Waals surface area contributed by atoms with E-state index in [2.05, 4.69) is 10.00 Å². The maximum absolute atomic E-state index is 13.1. The summed E-state index contributed by atoms with van der Waals surface area (Å²) in [6, 6.07) is 7.57. The second-order valence-electron chi connectivity index (χ2n) is 8.89. The lowest BCUT2D eigenvalue weighted by molar-refractivity contribution is -0.112. The molecule has 2 aromatic rings. The Balaban J connectivity index is 1.46. The van der Waals surface area contributed by atoms with Gasteiger partial charge in [0.1, 0.15) is 5.75 Å². The van der Waals surface area contributed by atoms with Gasteiger partial charge in [-0.2, -0.15) is 5.10 Å². The highest BCUT2D eigenvalue weighted by Crippen LogP contribution is 2.35. The van der Waals surface area contributed by atoms with Gasteiger partial charge in [0.15, 0.2) is 0 Å². The summed E-state index contributed by atoms with van der Waals surface area (Å²) in [7, 11) is 1.53. The minimum Gasteiger partial charge on any atom is -0.496 e. The third kappa shape index (κ3) is 6.08. The summed E-state index contributed by atoms with van der Waals surface area (Å²) in [6.45, 7) is 6.03. The molecule has 1 aromatic carbocycles. The van der Waals surface area contributed by atoms with Gasteiger partial charge >= 0.3 is 0 Å². The van der Waals surface area contributed by atoms with Gasteiger partial charge in [0.2, 0.25) is 0 Å².